The van der Waals surface area contributed by atoms with E-state index in [1.54, 1.807) is 19.1 Å². The van der Waals surface area contributed by atoms with E-state index < -0.39 is 5.97 Å². The molecule has 0 aliphatic carbocycles. The van der Waals surface area contributed by atoms with E-state index in [2.05, 4.69) is 4.74 Å². The third-order valence-corrected chi connectivity index (χ3v) is 2.47. The van der Waals surface area contributed by atoms with Crippen molar-refractivity contribution in [3.8, 4) is 0 Å². The lowest BCUT2D eigenvalue weighted by Gasteiger charge is -2.06. The lowest BCUT2D eigenvalue weighted by Crippen LogP contribution is -2.08. The van der Waals surface area contributed by atoms with Crippen molar-refractivity contribution in [2.45, 2.75) is 13.3 Å². The molecule has 0 fully saturated rings. The summed E-state index contributed by atoms with van der Waals surface area (Å²) in [6.45, 7) is 2.07. The van der Waals surface area contributed by atoms with Crippen LogP contribution in [0.25, 0.3) is 0 Å². The van der Waals surface area contributed by atoms with E-state index in [0.29, 0.717) is 22.8 Å². The molecule has 0 radical (unpaired) electrons. The summed E-state index contributed by atoms with van der Waals surface area (Å²) in [5, 5.41) is 0.348. The van der Waals surface area contributed by atoms with Gasteiger partial charge in [0.1, 0.15) is 0 Å². The van der Waals surface area contributed by atoms with Crippen LogP contribution in [0.2, 0.25) is 5.02 Å². The third kappa shape index (κ3) is 3.75. The zero-order valence-corrected chi connectivity index (χ0v) is 10.4. The van der Waals surface area contributed by atoms with E-state index in [0.717, 1.165) is 0 Å². The summed E-state index contributed by atoms with van der Waals surface area (Å²) in [5.74, 6) is -0.810. The Hall–Kier alpha value is -1.55. The number of carbonyl (C=O) groups is 2. The Morgan fingerprint density at radius 3 is 2.59 bits per heavy atom. The van der Waals surface area contributed by atoms with E-state index in [1.165, 1.54) is 13.2 Å². The molecule has 0 aliphatic rings. The van der Waals surface area contributed by atoms with Crippen LogP contribution in [0.15, 0.2) is 18.2 Å². The quantitative estimate of drug-likeness (QED) is 0.776. The Bertz CT molecular complexity index is 429. The van der Waals surface area contributed by atoms with Gasteiger partial charge >= 0.3 is 11.9 Å². The molecular formula is C12H13ClO4. The largest absolute Gasteiger partial charge is 0.466 e. The Morgan fingerprint density at radius 1 is 1.35 bits per heavy atom. The number of hydrogen-bond donors (Lipinski definition) is 0. The molecular weight excluding hydrogens is 244 g/mol. The molecule has 0 N–H and O–H groups in total. The Kier molecular flexibility index (Phi) is 4.97. The van der Waals surface area contributed by atoms with E-state index in [1.807, 2.05) is 0 Å². The molecule has 4 nitrogen and oxygen atoms in total. The summed E-state index contributed by atoms with van der Waals surface area (Å²) in [5.41, 5.74) is 0.975. The highest BCUT2D eigenvalue weighted by atomic mass is 35.5. The van der Waals surface area contributed by atoms with Crippen LogP contribution in [0.5, 0.6) is 0 Å². The van der Waals surface area contributed by atoms with Crippen LogP contribution in [0.1, 0.15) is 22.8 Å². The lowest BCUT2D eigenvalue weighted by atomic mass is 10.1. The maximum Gasteiger partial charge on any atom is 0.337 e. The number of hydrogen-bond acceptors (Lipinski definition) is 4. The van der Waals surface area contributed by atoms with Crippen molar-refractivity contribution in [3.05, 3.63) is 34.3 Å². The zero-order valence-electron chi connectivity index (χ0n) is 9.66. The molecule has 1 aromatic rings. The second-order valence-corrected chi connectivity index (χ2v) is 3.69. The SMILES string of the molecule is CCOC(=O)Cc1ccc(C(=O)OC)cc1Cl. The molecule has 0 unspecified atom stereocenters. The van der Waals surface area contributed by atoms with Crippen molar-refractivity contribution in [3.63, 3.8) is 0 Å². The second-order valence-electron chi connectivity index (χ2n) is 3.28. The second kappa shape index (κ2) is 6.25. The highest BCUT2D eigenvalue weighted by Gasteiger charge is 2.11. The van der Waals surface area contributed by atoms with Gasteiger partial charge in [-0.2, -0.15) is 0 Å². The molecule has 0 aromatic heterocycles. The lowest BCUT2D eigenvalue weighted by molar-refractivity contribution is -0.142. The average molecular weight is 257 g/mol. The number of ether oxygens (including phenoxy) is 2. The summed E-state index contributed by atoms with van der Waals surface area (Å²) in [6.07, 6.45) is 0.0914. The highest BCUT2D eigenvalue weighted by molar-refractivity contribution is 6.31. The maximum atomic E-state index is 11.3. The van der Waals surface area contributed by atoms with Crippen molar-refractivity contribution in [1.29, 1.82) is 0 Å². The number of carbonyl (C=O) groups excluding carboxylic acids is 2. The van der Waals surface area contributed by atoms with Crippen LogP contribution < -0.4 is 0 Å². The van der Waals surface area contributed by atoms with Gasteiger partial charge in [0.25, 0.3) is 0 Å². The van der Waals surface area contributed by atoms with Gasteiger partial charge in [0.05, 0.1) is 25.7 Å². The third-order valence-electron chi connectivity index (χ3n) is 2.11. The number of rotatable bonds is 4. The van der Waals surface area contributed by atoms with Gasteiger partial charge < -0.3 is 9.47 Å². The van der Waals surface area contributed by atoms with Gasteiger partial charge in [0.2, 0.25) is 0 Å². The minimum absolute atomic E-state index is 0.0914. The van der Waals surface area contributed by atoms with Crippen LogP contribution in [0, 0.1) is 0 Å². The molecule has 0 spiro atoms. The average Bonchev–Trinajstić information content (AvgIpc) is 2.31. The number of benzene rings is 1. The van der Waals surface area contributed by atoms with Gasteiger partial charge in [-0.25, -0.2) is 4.79 Å². The van der Waals surface area contributed by atoms with Gasteiger partial charge in [-0.1, -0.05) is 17.7 Å². The Balaban J connectivity index is 2.83. The zero-order chi connectivity index (χ0) is 12.8. The summed E-state index contributed by atoms with van der Waals surface area (Å²) in [6, 6.07) is 4.65. The van der Waals surface area contributed by atoms with Crippen LogP contribution in [0.3, 0.4) is 0 Å². The van der Waals surface area contributed by atoms with Crippen molar-refractivity contribution in [2.75, 3.05) is 13.7 Å². The first-order valence-electron chi connectivity index (χ1n) is 5.10. The fraction of sp³-hybridized carbons (Fsp3) is 0.333. The van der Waals surface area contributed by atoms with Crippen molar-refractivity contribution in [1.82, 2.24) is 0 Å². The molecule has 5 heteroatoms. The Labute approximate surface area is 104 Å². The smallest absolute Gasteiger partial charge is 0.337 e. The fourth-order valence-corrected chi connectivity index (χ4v) is 1.55. The topological polar surface area (TPSA) is 52.6 Å². The van der Waals surface area contributed by atoms with Crippen LogP contribution in [0.4, 0.5) is 0 Å². The monoisotopic (exact) mass is 256 g/mol. The summed E-state index contributed by atoms with van der Waals surface area (Å²) >= 11 is 5.96. The molecule has 0 bridgehead atoms. The van der Waals surface area contributed by atoms with Crippen LogP contribution in [-0.4, -0.2) is 25.7 Å². The maximum absolute atomic E-state index is 11.3. The van der Waals surface area contributed by atoms with E-state index in [9.17, 15) is 9.59 Å². The molecule has 0 saturated heterocycles. The molecule has 0 saturated carbocycles. The van der Waals surface area contributed by atoms with Gasteiger partial charge in [0, 0.05) is 5.02 Å². The molecule has 1 aromatic carbocycles. The summed E-state index contributed by atoms with van der Waals surface area (Å²) in [4.78, 5) is 22.5. The molecule has 0 heterocycles. The Morgan fingerprint density at radius 2 is 2.06 bits per heavy atom. The molecule has 0 atom stereocenters. The van der Waals surface area contributed by atoms with E-state index in [4.69, 9.17) is 16.3 Å². The highest BCUT2D eigenvalue weighted by Crippen LogP contribution is 2.19. The minimum atomic E-state index is -0.463. The van der Waals surface area contributed by atoms with Crippen molar-refractivity contribution >= 4 is 23.5 Å². The minimum Gasteiger partial charge on any atom is -0.466 e. The fourth-order valence-electron chi connectivity index (χ4n) is 1.30. The first-order valence-corrected chi connectivity index (χ1v) is 5.48. The summed E-state index contributed by atoms with van der Waals surface area (Å²) < 4.78 is 9.37. The number of halogens is 1. The number of esters is 2. The van der Waals surface area contributed by atoms with Gasteiger partial charge in [-0.05, 0) is 24.6 Å². The molecule has 0 amide bonds. The molecule has 92 valence electrons. The first kappa shape index (κ1) is 13.5. The molecule has 1 rings (SSSR count). The van der Waals surface area contributed by atoms with Gasteiger partial charge in [-0.15, -0.1) is 0 Å². The number of methoxy groups -OCH3 is 1. The van der Waals surface area contributed by atoms with Crippen molar-refractivity contribution in [2.24, 2.45) is 0 Å². The predicted molar refractivity (Wildman–Crippen MR) is 63.1 cm³/mol. The standard InChI is InChI=1S/C12H13ClO4/c1-3-17-11(14)7-8-4-5-9(6-10(8)13)12(15)16-2/h4-6H,3,7H2,1-2H3. The first-order chi connectivity index (χ1) is 8.08. The van der Waals surface area contributed by atoms with E-state index in [-0.39, 0.29) is 12.4 Å². The van der Waals surface area contributed by atoms with Gasteiger partial charge in [0.15, 0.2) is 0 Å². The molecule has 0 aliphatic heterocycles. The van der Waals surface area contributed by atoms with Gasteiger partial charge in [-0.3, -0.25) is 4.79 Å². The van der Waals surface area contributed by atoms with Crippen LogP contribution in [-0.2, 0) is 20.7 Å². The normalized spacial score (nSPS) is 9.82. The van der Waals surface area contributed by atoms with E-state index >= 15 is 0 Å². The summed E-state index contributed by atoms with van der Waals surface area (Å²) in [7, 11) is 1.29. The van der Waals surface area contributed by atoms with Crippen molar-refractivity contribution < 1.29 is 19.1 Å². The molecule has 17 heavy (non-hydrogen) atoms. The predicted octanol–water partition coefficient (Wildman–Crippen LogP) is 2.23. The van der Waals surface area contributed by atoms with Crippen LogP contribution >= 0.6 is 11.6 Å².